The molecule has 0 radical (unpaired) electrons. The van der Waals surface area contributed by atoms with E-state index in [0.717, 1.165) is 25.7 Å². The van der Waals surface area contributed by atoms with E-state index < -0.39 is 11.4 Å². The monoisotopic (exact) mass is 270 g/mol. The highest BCUT2D eigenvalue weighted by Crippen LogP contribution is 2.46. The summed E-state index contributed by atoms with van der Waals surface area (Å²) in [6.45, 7) is 4.17. The van der Waals surface area contributed by atoms with Gasteiger partial charge in [-0.1, -0.05) is 50.4 Å². The number of hydrogen-bond donors (Lipinski definition) is 1. The van der Waals surface area contributed by atoms with Crippen molar-refractivity contribution in [3.05, 3.63) is 34.6 Å². The summed E-state index contributed by atoms with van der Waals surface area (Å²) in [4.78, 5) is 0. The Morgan fingerprint density at radius 3 is 2.61 bits per heavy atom. The topological polar surface area (TPSA) is 20.2 Å². The quantitative estimate of drug-likeness (QED) is 0.847. The van der Waals surface area contributed by atoms with Gasteiger partial charge in [-0.15, -0.1) is 0 Å². The van der Waals surface area contributed by atoms with Crippen LogP contribution in [0.25, 0.3) is 0 Å². The third-order valence-electron chi connectivity index (χ3n) is 4.42. The van der Waals surface area contributed by atoms with Crippen molar-refractivity contribution in [3.8, 4) is 0 Å². The van der Waals surface area contributed by atoms with E-state index in [1.807, 2.05) is 0 Å². The van der Waals surface area contributed by atoms with Gasteiger partial charge in [0.15, 0.2) is 0 Å². The molecule has 1 aliphatic carbocycles. The van der Waals surface area contributed by atoms with Gasteiger partial charge in [0.25, 0.3) is 0 Å². The highest BCUT2D eigenvalue weighted by atomic mass is 35.5. The van der Waals surface area contributed by atoms with Gasteiger partial charge in [0.05, 0.1) is 10.6 Å². The first-order chi connectivity index (χ1) is 8.36. The number of aliphatic hydroxyl groups is 1. The van der Waals surface area contributed by atoms with E-state index in [1.165, 1.54) is 6.07 Å². The molecular weight excluding hydrogens is 251 g/mol. The minimum Gasteiger partial charge on any atom is -0.389 e. The summed E-state index contributed by atoms with van der Waals surface area (Å²) < 4.78 is 13.4. The second-order valence-electron chi connectivity index (χ2n) is 6.01. The predicted octanol–water partition coefficient (Wildman–Crippen LogP) is 4.35. The summed E-state index contributed by atoms with van der Waals surface area (Å²) in [6.07, 6.45) is 4.35. The zero-order valence-electron chi connectivity index (χ0n) is 11.0. The Morgan fingerprint density at radius 2 is 1.94 bits per heavy atom. The number of halogens is 2. The van der Waals surface area contributed by atoms with Gasteiger partial charge >= 0.3 is 0 Å². The molecule has 100 valence electrons. The van der Waals surface area contributed by atoms with Crippen LogP contribution >= 0.6 is 11.6 Å². The Bertz CT molecular complexity index is 444. The lowest BCUT2D eigenvalue weighted by Gasteiger charge is -2.47. The van der Waals surface area contributed by atoms with Crippen molar-refractivity contribution < 1.29 is 9.50 Å². The number of benzene rings is 1. The normalized spacial score (nSPS) is 27.2. The zero-order valence-corrected chi connectivity index (χ0v) is 11.7. The van der Waals surface area contributed by atoms with Crippen molar-refractivity contribution in [2.24, 2.45) is 5.41 Å². The van der Waals surface area contributed by atoms with Gasteiger partial charge < -0.3 is 5.11 Å². The second-order valence-corrected chi connectivity index (χ2v) is 6.39. The van der Waals surface area contributed by atoms with Gasteiger partial charge in [-0.2, -0.15) is 0 Å². The molecular formula is C15H20ClFO. The minimum atomic E-state index is -0.789. The molecule has 1 aromatic carbocycles. The molecule has 1 aromatic rings. The van der Waals surface area contributed by atoms with Gasteiger partial charge in [-0.3, -0.25) is 0 Å². The van der Waals surface area contributed by atoms with Crippen molar-refractivity contribution in [1.29, 1.82) is 0 Å². The number of rotatable bonds is 2. The molecule has 2 rings (SSSR count). The first-order valence-electron chi connectivity index (χ1n) is 6.51. The van der Waals surface area contributed by atoms with Crippen molar-refractivity contribution in [2.75, 3.05) is 0 Å². The molecule has 18 heavy (non-hydrogen) atoms. The van der Waals surface area contributed by atoms with Crippen LogP contribution in [0.3, 0.4) is 0 Å². The van der Waals surface area contributed by atoms with E-state index in [-0.39, 0.29) is 10.4 Å². The molecule has 1 unspecified atom stereocenters. The van der Waals surface area contributed by atoms with Crippen molar-refractivity contribution in [2.45, 2.75) is 51.6 Å². The predicted molar refractivity (Wildman–Crippen MR) is 72.3 cm³/mol. The van der Waals surface area contributed by atoms with Gasteiger partial charge in [0.2, 0.25) is 0 Å². The molecule has 0 heterocycles. The Labute approximate surface area is 113 Å². The van der Waals surface area contributed by atoms with Crippen LogP contribution in [0.4, 0.5) is 4.39 Å². The van der Waals surface area contributed by atoms with Crippen LogP contribution in [-0.4, -0.2) is 10.7 Å². The zero-order chi connectivity index (χ0) is 13.4. The highest BCUT2D eigenvalue weighted by Gasteiger charge is 2.45. The fourth-order valence-corrected chi connectivity index (χ4v) is 3.08. The van der Waals surface area contributed by atoms with Crippen LogP contribution in [0, 0.1) is 11.2 Å². The molecule has 0 amide bonds. The average molecular weight is 271 g/mol. The standard InChI is InChI=1S/C15H20ClFO/c1-14(2)8-3-4-9-15(14,18)10-11-6-5-7-12(17)13(11)16/h5-7,18H,3-4,8-10H2,1-2H3. The van der Waals surface area contributed by atoms with Gasteiger partial charge in [-0.05, 0) is 29.9 Å². The second kappa shape index (κ2) is 4.82. The Morgan fingerprint density at radius 1 is 1.28 bits per heavy atom. The molecule has 1 nitrogen and oxygen atoms in total. The summed E-state index contributed by atoms with van der Waals surface area (Å²) in [6, 6.07) is 4.80. The molecule has 1 aliphatic rings. The van der Waals surface area contributed by atoms with Gasteiger partial charge in [0.1, 0.15) is 5.82 Å². The summed E-state index contributed by atoms with van der Waals surface area (Å²) in [5.41, 5.74) is -0.238. The summed E-state index contributed by atoms with van der Waals surface area (Å²) >= 11 is 5.98. The van der Waals surface area contributed by atoms with E-state index in [0.29, 0.717) is 12.0 Å². The maximum absolute atomic E-state index is 13.4. The van der Waals surface area contributed by atoms with Crippen molar-refractivity contribution in [3.63, 3.8) is 0 Å². The third-order valence-corrected chi connectivity index (χ3v) is 4.84. The van der Waals surface area contributed by atoms with Crippen LogP contribution in [0.2, 0.25) is 5.02 Å². The fraction of sp³-hybridized carbons (Fsp3) is 0.600. The van der Waals surface area contributed by atoms with E-state index >= 15 is 0 Å². The largest absolute Gasteiger partial charge is 0.389 e. The van der Waals surface area contributed by atoms with Crippen LogP contribution < -0.4 is 0 Å². The maximum Gasteiger partial charge on any atom is 0.142 e. The maximum atomic E-state index is 13.4. The minimum absolute atomic E-state index is 0.146. The van der Waals surface area contributed by atoms with Crippen LogP contribution in [0.5, 0.6) is 0 Å². The summed E-state index contributed by atoms with van der Waals surface area (Å²) in [5.74, 6) is -0.411. The molecule has 3 heteroatoms. The van der Waals surface area contributed by atoms with Gasteiger partial charge in [0, 0.05) is 6.42 Å². The van der Waals surface area contributed by atoms with Crippen molar-refractivity contribution in [1.82, 2.24) is 0 Å². The molecule has 1 saturated carbocycles. The lowest BCUT2D eigenvalue weighted by Crippen LogP contribution is -2.48. The molecule has 1 N–H and O–H groups in total. The summed E-state index contributed by atoms with van der Waals surface area (Å²) in [7, 11) is 0. The first-order valence-corrected chi connectivity index (χ1v) is 6.89. The van der Waals surface area contributed by atoms with Crippen LogP contribution in [0.15, 0.2) is 18.2 Å². The molecule has 1 fully saturated rings. The Hall–Kier alpha value is -0.600. The first kappa shape index (κ1) is 13.8. The van der Waals surface area contributed by atoms with Gasteiger partial charge in [-0.25, -0.2) is 4.39 Å². The van der Waals surface area contributed by atoms with Crippen LogP contribution in [0.1, 0.15) is 45.1 Å². The number of hydrogen-bond acceptors (Lipinski definition) is 1. The Kier molecular flexibility index (Phi) is 3.70. The SMILES string of the molecule is CC1(C)CCCCC1(O)Cc1cccc(F)c1Cl. The van der Waals surface area contributed by atoms with E-state index in [4.69, 9.17) is 11.6 Å². The molecule has 0 aliphatic heterocycles. The smallest absolute Gasteiger partial charge is 0.142 e. The lowest BCUT2D eigenvalue weighted by atomic mass is 9.63. The van der Waals surface area contributed by atoms with Crippen LogP contribution in [-0.2, 0) is 6.42 Å². The van der Waals surface area contributed by atoms with Crippen molar-refractivity contribution >= 4 is 11.6 Å². The lowest BCUT2D eigenvalue weighted by molar-refractivity contribution is -0.0958. The molecule has 0 aromatic heterocycles. The fourth-order valence-electron chi connectivity index (χ4n) is 2.88. The molecule has 0 saturated heterocycles. The summed E-state index contributed by atoms with van der Waals surface area (Å²) in [5, 5.41) is 11.0. The molecule has 0 spiro atoms. The Balaban J connectivity index is 2.29. The molecule has 1 atom stereocenters. The van der Waals surface area contributed by atoms with E-state index in [2.05, 4.69) is 13.8 Å². The van der Waals surface area contributed by atoms with E-state index in [9.17, 15) is 9.50 Å². The van der Waals surface area contributed by atoms with E-state index in [1.54, 1.807) is 12.1 Å². The molecule has 0 bridgehead atoms. The third kappa shape index (κ3) is 2.41. The highest BCUT2D eigenvalue weighted by molar-refractivity contribution is 6.31. The average Bonchev–Trinajstić information content (AvgIpc) is 2.29.